The lowest BCUT2D eigenvalue weighted by molar-refractivity contribution is 0.234. The maximum atomic E-state index is 13.8. The summed E-state index contributed by atoms with van der Waals surface area (Å²) in [6.45, 7) is 3.25. The standard InChI is InChI=1S/C17H18F3N3/c1-2-3-16-21-8-11-9-23(7-6-15(11)22-16)10-12-13(18)4-5-14(19)17(12)20/h4-5,8H,2-3,6-7,9-10H2,1H3. The number of nitrogens with zero attached hydrogens (tertiary/aromatic N) is 3. The van der Waals surface area contributed by atoms with Crippen LogP contribution in [0.1, 0.15) is 36.0 Å². The normalized spacial score (nSPS) is 14.8. The van der Waals surface area contributed by atoms with Gasteiger partial charge in [-0.2, -0.15) is 0 Å². The van der Waals surface area contributed by atoms with Gasteiger partial charge >= 0.3 is 0 Å². The predicted octanol–water partition coefficient (Wildman–Crippen LogP) is 3.40. The SMILES string of the molecule is CCCc1ncc2c(n1)CCN(Cc1c(F)ccc(F)c1F)C2. The average molecular weight is 321 g/mol. The van der Waals surface area contributed by atoms with Crippen molar-refractivity contribution in [3.63, 3.8) is 0 Å². The second-order valence-corrected chi connectivity index (χ2v) is 5.79. The molecule has 0 saturated heterocycles. The third-order valence-electron chi connectivity index (χ3n) is 4.06. The molecule has 1 aliphatic heterocycles. The van der Waals surface area contributed by atoms with Crippen LogP contribution in [0.15, 0.2) is 18.3 Å². The first-order chi connectivity index (χ1) is 11.1. The summed E-state index contributed by atoms with van der Waals surface area (Å²) in [7, 11) is 0. The summed E-state index contributed by atoms with van der Waals surface area (Å²) < 4.78 is 40.8. The van der Waals surface area contributed by atoms with Crippen LogP contribution < -0.4 is 0 Å². The number of aromatic nitrogens is 2. The summed E-state index contributed by atoms with van der Waals surface area (Å²) in [5.74, 6) is -2.01. The lowest BCUT2D eigenvalue weighted by Gasteiger charge is -2.28. The Labute approximate surface area is 133 Å². The van der Waals surface area contributed by atoms with Crippen LogP contribution in [0.5, 0.6) is 0 Å². The number of benzene rings is 1. The van der Waals surface area contributed by atoms with Gasteiger partial charge in [0.15, 0.2) is 11.6 Å². The quantitative estimate of drug-likeness (QED) is 0.808. The third kappa shape index (κ3) is 3.37. The van der Waals surface area contributed by atoms with Crippen molar-refractivity contribution >= 4 is 0 Å². The first-order valence-corrected chi connectivity index (χ1v) is 7.77. The van der Waals surface area contributed by atoms with E-state index < -0.39 is 17.5 Å². The predicted molar refractivity (Wildman–Crippen MR) is 80.2 cm³/mol. The summed E-state index contributed by atoms with van der Waals surface area (Å²) in [5, 5.41) is 0. The lowest BCUT2D eigenvalue weighted by atomic mass is 10.1. The van der Waals surface area contributed by atoms with E-state index in [0.717, 1.165) is 42.1 Å². The summed E-state index contributed by atoms with van der Waals surface area (Å²) in [6.07, 6.45) is 4.32. The highest BCUT2D eigenvalue weighted by molar-refractivity contribution is 5.24. The molecule has 1 aromatic carbocycles. The van der Waals surface area contributed by atoms with Crippen molar-refractivity contribution in [1.29, 1.82) is 0 Å². The molecule has 0 amide bonds. The molecular formula is C17H18F3N3. The van der Waals surface area contributed by atoms with E-state index in [1.807, 2.05) is 4.90 Å². The van der Waals surface area contributed by atoms with Crippen LogP contribution in [0.3, 0.4) is 0 Å². The fourth-order valence-corrected chi connectivity index (χ4v) is 2.83. The average Bonchev–Trinajstić information content (AvgIpc) is 2.55. The van der Waals surface area contributed by atoms with Gasteiger partial charge in [0.25, 0.3) is 0 Å². The molecule has 3 nitrogen and oxygen atoms in total. The van der Waals surface area contributed by atoms with Gasteiger partial charge in [0.05, 0.1) is 0 Å². The zero-order valence-corrected chi connectivity index (χ0v) is 13.0. The maximum absolute atomic E-state index is 13.8. The monoisotopic (exact) mass is 321 g/mol. The van der Waals surface area contributed by atoms with Crippen molar-refractivity contribution in [1.82, 2.24) is 14.9 Å². The molecule has 0 fully saturated rings. The highest BCUT2D eigenvalue weighted by atomic mass is 19.2. The smallest absolute Gasteiger partial charge is 0.166 e. The maximum Gasteiger partial charge on any atom is 0.166 e. The van der Waals surface area contributed by atoms with E-state index in [2.05, 4.69) is 16.9 Å². The molecule has 0 unspecified atom stereocenters. The Kier molecular flexibility index (Phi) is 4.61. The fraction of sp³-hybridized carbons (Fsp3) is 0.412. The van der Waals surface area contributed by atoms with E-state index in [1.165, 1.54) is 0 Å². The minimum Gasteiger partial charge on any atom is -0.294 e. The van der Waals surface area contributed by atoms with Crippen LogP contribution >= 0.6 is 0 Å². The van der Waals surface area contributed by atoms with Gasteiger partial charge in [0.1, 0.15) is 11.6 Å². The first kappa shape index (κ1) is 15.9. The molecule has 2 aromatic rings. The molecule has 6 heteroatoms. The summed E-state index contributed by atoms with van der Waals surface area (Å²) in [5.41, 5.74) is 1.74. The van der Waals surface area contributed by atoms with Gasteiger partial charge < -0.3 is 0 Å². The van der Waals surface area contributed by atoms with Crippen molar-refractivity contribution < 1.29 is 13.2 Å². The van der Waals surface area contributed by atoms with E-state index in [9.17, 15) is 13.2 Å². The van der Waals surface area contributed by atoms with E-state index in [0.29, 0.717) is 19.5 Å². The Bertz CT molecular complexity index is 718. The number of rotatable bonds is 4. The van der Waals surface area contributed by atoms with Crippen molar-refractivity contribution in [2.75, 3.05) is 6.54 Å². The Morgan fingerprint density at radius 2 is 1.96 bits per heavy atom. The van der Waals surface area contributed by atoms with E-state index >= 15 is 0 Å². The third-order valence-corrected chi connectivity index (χ3v) is 4.06. The van der Waals surface area contributed by atoms with Crippen molar-refractivity contribution in [3.05, 3.63) is 58.4 Å². The molecule has 23 heavy (non-hydrogen) atoms. The van der Waals surface area contributed by atoms with Crippen LogP contribution in [0.2, 0.25) is 0 Å². The van der Waals surface area contributed by atoms with Crippen LogP contribution in [0.25, 0.3) is 0 Å². The molecule has 1 aromatic heterocycles. The van der Waals surface area contributed by atoms with E-state index in [-0.39, 0.29) is 12.1 Å². The second kappa shape index (κ2) is 6.66. The van der Waals surface area contributed by atoms with Gasteiger partial charge in [-0.25, -0.2) is 23.1 Å². The van der Waals surface area contributed by atoms with Crippen LogP contribution in [-0.2, 0) is 25.9 Å². The molecule has 1 aliphatic rings. The molecule has 2 heterocycles. The van der Waals surface area contributed by atoms with Gasteiger partial charge in [0, 0.05) is 55.5 Å². The number of hydrogen-bond acceptors (Lipinski definition) is 3. The molecule has 0 aliphatic carbocycles. The minimum atomic E-state index is -1.11. The highest BCUT2D eigenvalue weighted by Gasteiger charge is 2.22. The zero-order chi connectivity index (χ0) is 16.4. The van der Waals surface area contributed by atoms with Crippen molar-refractivity contribution in [3.8, 4) is 0 Å². The molecule has 0 bridgehead atoms. The van der Waals surface area contributed by atoms with Crippen LogP contribution in [0, 0.1) is 17.5 Å². The number of hydrogen-bond donors (Lipinski definition) is 0. The Morgan fingerprint density at radius 1 is 1.17 bits per heavy atom. The van der Waals surface area contributed by atoms with E-state index in [1.54, 1.807) is 6.20 Å². The zero-order valence-electron chi connectivity index (χ0n) is 13.0. The fourth-order valence-electron chi connectivity index (χ4n) is 2.83. The largest absolute Gasteiger partial charge is 0.294 e. The Morgan fingerprint density at radius 3 is 2.74 bits per heavy atom. The minimum absolute atomic E-state index is 0.0333. The van der Waals surface area contributed by atoms with Gasteiger partial charge in [-0.15, -0.1) is 0 Å². The van der Waals surface area contributed by atoms with Crippen molar-refractivity contribution in [2.45, 2.75) is 39.3 Å². The highest BCUT2D eigenvalue weighted by Crippen LogP contribution is 2.22. The number of aryl methyl sites for hydroxylation is 1. The second-order valence-electron chi connectivity index (χ2n) is 5.79. The summed E-state index contributed by atoms with van der Waals surface area (Å²) >= 11 is 0. The molecule has 0 saturated carbocycles. The van der Waals surface area contributed by atoms with Gasteiger partial charge in [-0.05, 0) is 18.6 Å². The van der Waals surface area contributed by atoms with E-state index in [4.69, 9.17) is 0 Å². The Hall–Kier alpha value is -1.95. The topological polar surface area (TPSA) is 29.0 Å². The lowest BCUT2D eigenvalue weighted by Crippen LogP contribution is -2.32. The van der Waals surface area contributed by atoms with Crippen LogP contribution in [-0.4, -0.2) is 21.4 Å². The number of fused-ring (bicyclic) bond motifs is 1. The summed E-state index contributed by atoms with van der Waals surface area (Å²) in [6, 6.07) is 1.77. The van der Waals surface area contributed by atoms with Gasteiger partial charge in [-0.1, -0.05) is 6.92 Å². The first-order valence-electron chi connectivity index (χ1n) is 7.77. The van der Waals surface area contributed by atoms with Crippen LogP contribution in [0.4, 0.5) is 13.2 Å². The summed E-state index contributed by atoms with van der Waals surface area (Å²) in [4.78, 5) is 10.8. The molecule has 0 N–H and O–H groups in total. The van der Waals surface area contributed by atoms with Gasteiger partial charge in [-0.3, -0.25) is 4.90 Å². The van der Waals surface area contributed by atoms with Gasteiger partial charge in [0.2, 0.25) is 0 Å². The van der Waals surface area contributed by atoms with Crippen molar-refractivity contribution in [2.24, 2.45) is 0 Å². The Balaban J connectivity index is 1.77. The molecular weight excluding hydrogens is 303 g/mol. The molecule has 122 valence electrons. The molecule has 3 rings (SSSR count). The molecule has 0 radical (unpaired) electrons. The molecule has 0 atom stereocenters. The molecule has 0 spiro atoms. The number of halogens is 3.